The van der Waals surface area contributed by atoms with Gasteiger partial charge in [0.1, 0.15) is 5.01 Å². The van der Waals surface area contributed by atoms with Gasteiger partial charge in [0, 0.05) is 11.6 Å². The van der Waals surface area contributed by atoms with E-state index in [2.05, 4.69) is 10.3 Å². The topological polar surface area (TPSA) is 45.1 Å². The monoisotopic (exact) mass is 254 g/mol. The molecule has 0 unspecified atom stereocenters. The number of hydrogen-bond acceptors (Lipinski definition) is 4. The Labute approximate surface area is 102 Å². The first-order valence-electron chi connectivity index (χ1n) is 5.20. The number of aromatic nitrogens is 1. The Kier molecular flexibility index (Phi) is 2.59. The lowest BCUT2D eigenvalue weighted by Crippen LogP contribution is -2.14. The van der Waals surface area contributed by atoms with Gasteiger partial charge in [0.15, 0.2) is 0 Å². The van der Waals surface area contributed by atoms with Crippen LogP contribution < -0.4 is 5.32 Å². The van der Waals surface area contributed by atoms with Gasteiger partial charge in [-0.2, -0.15) is 0 Å². The van der Waals surface area contributed by atoms with Crippen molar-refractivity contribution in [1.82, 2.24) is 10.3 Å². The molecule has 1 aromatic heterocycles. The maximum absolute atomic E-state index is 9.47. The minimum absolute atomic E-state index is 0.186. The molecule has 3 rings (SSSR count). The average molecular weight is 255 g/mol. The van der Waals surface area contributed by atoms with E-state index in [1.807, 2.05) is 18.2 Å². The standard InChI is InChI=1S/C11H11ClN2OS/c12-6-1-2-8-10(3-6)16-11(14-8)9-4-7(15)5-13-9/h1-3,7,9,13,15H,4-5H2/t7-,9+/m1/s1. The number of nitrogens with zero attached hydrogens (tertiary/aromatic N) is 1. The van der Waals surface area contributed by atoms with Gasteiger partial charge >= 0.3 is 0 Å². The lowest BCUT2D eigenvalue weighted by Gasteiger charge is -2.03. The molecular weight excluding hydrogens is 244 g/mol. The van der Waals surface area contributed by atoms with E-state index in [-0.39, 0.29) is 12.1 Å². The minimum Gasteiger partial charge on any atom is -0.392 e. The second kappa shape index (κ2) is 3.96. The van der Waals surface area contributed by atoms with Gasteiger partial charge in [-0.3, -0.25) is 0 Å². The van der Waals surface area contributed by atoms with Crippen LogP contribution in [0.1, 0.15) is 17.5 Å². The molecule has 0 spiro atoms. The lowest BCUT2D eigenvalue weighted by atomic mass is 10.2. The van der Waals surface area contributed by atoms with E-state index in [9.17, 15) is 5.11 Å². The number of nitrogens with one attached hydrogen (secondary N) is 1. The van der Waals surface area contributed by atoms with Crippen LogP contribution in [0.5, 0.6) is 0 Å². The Morgan fingerprint density at radius 2 is 2.38 bits per heavy atom. The van der Waals surface area contributed by atoms with Crippen molar-refractivity contribution < 1.29 is 5.11 Å². The van der Waals surface area contributed by atoms with E-state index in [1.165, 1.54) is 0 Å². The molecule has 16 heavy (non-hydrogen) atoms. The number of β-amino-alcohol motifs (C(OH)–C–C–N with tert-alkyl or cyclic N) is 1. The number of aliphatic hydroxyl groups excluding tert-OH is 1. The molecule has 1 aliphatic rings. The molecule has 2 N–H and O–H groups in total. The molecule has 1 fully saturated rings. The van der Waals surface area contributed by atoms with Crippen molar-refractivity contribution >= 4 is 33.2 Å². The van der Waals surface area contributed by atoms with Crippen molar-refractivity contribution in [2.75, 3.05) is 6.54 Å². The van der Waals surface area contributed by atoms with Crippen LogP contribution in [0.3, 0.4) is 0 Å². The molecular formula is C11H11ClN2OS. The number of halogens is 1. The number of rotatable bonds is 1. The fourth-order valence-electron chi connectivity index (χ4n) is 1.97. The molecule has 1 saturated heterocycles. The fraction of sp³-hybridized carbons (Fsp3) is 0.364. The van der Waals surface area contributed by atoms with Crippen molar-refractivity contribution in [3.63, 3.8) is 0 Å². The maximum Gasteiger partial charge on any atom is 0.111 e. The molecule has 5 heteroatoms. The molecule has 2 heterocycles. The third-order valence-corrected chi connectivity index (χ3v) is 4.14. The van der Waals surface area contributed by atoms with Gasteiger partial charge in [0.2, 0.25) is 0 Å². The van der Waals surface area contributed by atoms with Gasteiger partial charge in [-0.15, -0.1) is 11.3 Å². The lowest BCUT2D eigenvalue weighted by molar-refractivity contribution is 0.193. The van der Waals surface area contributed by atoms with Crippen molar-refractivity contribution in [1.29, 1.82) is 0 Å². The Morgan fingerprint density at radius 3 is 3.12 bits per heavy atom. The van der Waals surface area contributed by atoms with Gasteiger partial charge in [-0.1, -0.05) is 11.6 Å². The normalized spacial score (nSPS) is 25.4. The molecule has 84 valence electrons. The summed E-state index contributed by atoms with van der Waals surface area (Å²) in [5.74, 6) is 0. The SMILES string of the molecule is O[C@H]1CN[C@H](c2nc3ccc(Cl)cc3s2)C1. The molecule has 0 radical (unpaired) electrons. The van der Waals surface area contributed by atoms with Gasteiger partial charge in [0.25, 0.3) is 0 Å². The molecule has 3 nitrogen and oxygen atoms in total. The number of thiazole rings is 1. The van der Waals surface area contributed by atoms with Gasteiger partial charge in [-0.05, 0) is 24.6 Å². The van der Waals surface area contributed by atoms with Crippen LogP contribution in [0.4, 0.5) is 0 Å². The van der Waals surface area contributed by atoms with Gasteiger partial charge < -0.3 is 10.4 Å². The van der Waals surface area contributed by atoms with E-state index < -0.39 is 0 Å². The Hall–Kier alpha value is -0.680. The van der Waals surface area contributed by atoms with Gasteiger partial charge in [0.05, 0.1) is 22.4 Å². The van der Waals surface area contributed by atoms with E-state index in [0.29, 0.717) is 6.54 Å². The Bertz CT molecular complexity index is 528. The molecule has 0 bridgehead atoms. The molecule has 0 aliphatic carbocycles. The van der Waals surface area contributed by atoms with Crippen LogP contribution in [0.25, 0.3) is 10.2 Å². The largest absolute Gasteiger partial charge is 0.392 e. The fourth-order valence-corrected chi connectivity index (χ4v) is 3.30. The third-order valence-electron chi connectivity index (χ3n) is 2.77. The highest BCUT2D eigenvalue weighted by Crippen LogP contribution is 2.32. The third kappa shape index (κ3) is 1.82. The highest BCUT2D eigenvalue weighted by Gasteiger charge is 2.25. The minimum atomic E-state index is -0.249. The number of hydrogen-bond donors (Lipinski definition) is 2. The molecule has 0 amide bonds. The summed E-state index contributed by atoms with van der Waals surface area (Å²) in [5.41, 5.74) is 0.979. The van der Waals surface area contributed by atoms with Crippen LogP contribution in [-0.4, -0.2) is 22.7 Å². The Balaban J connectivity index is 1.99. The molecule has 1 aliphatic heterocycles. The Morgan fingerprint density at radius 1 is 1.50 bits per heavy atom. The first kappa shape index (κ1) is 10.5. The first-order valence-corrected chi connectivity index (χ1v) is 6.39. The first-order chi connectivity index (χ1) is 7.72. The van der Waals surface area contributed by atoms with Crippen molar-refractivity contribution in [2.45, 2.75) is 18.6 Å². The van der Waals surface area contributed by atoms with Gasteiger partial charge in [-0.25, -0.2) is 4.98 Å². The second-order valence-corrected chi connectivity index (χ2v) is 5.51. The van der Waals surface area contributed by atoms with E-state index in [0.717, 1.165) is 26.7 Å². The molecule has 1 aromatic carbocycles. The van der Waals surface area contributed by atoms with E-state index in [4.69, 9.17) is 11.6 Å². The van der Waals surface area contributed by atoms with E-state index in [1.54, 1.807) is 11.3 Å². The summed E-state index contributed by atoms with van der Waals surface area (Å²) in [6.45, 7) is 0.654. The summed E-state index contributed by atoms with van der Waals surface area (Å²) in [5, 5.41) is 14.5. The summed E-state index contributed by atoms with van der Waals surface area (Å²) < 4.78 is 1.10. The summed E-state index contributed by atoms with van der Waals surface area (Å²) >= 11 is 7.58. The highest BCUT2D eigenvalue weighted by molar-refractivity contribution is 7.18. The quantitative estimate of drug-likeness (QED) is 0.821. The maximum atomic E-state index is 9.47. The highest BCUT2D eigenvalue weighted by atomic mass is 35.5. The smallest absolute Gasteiger partial charge is 0.111 e. The van der Waals surface area contributed by atoms with Crippen molar-refractivity contribution in [3.8, 4) is 0 Å². The van der Waals surface area contributed by atoms with Crippen LogP contribution in [-0.2, 0) is 0 Å². The zero-order chi connectivity index (χ0) is 11.1. The predicted octanol–water partition coefficient (Wildman–Crippen LogP) is 2.34. The molecule has 2 aromatic rings. The molecule has 2 atom stereocenters. The predicted molar refractivity (Wildman–Crippen MR) is 66.0 cm³/mol. The summed E-state index contributed by atoms with van der Waals surface area (Å²) in [4.78, 5) is 4.56. The number of fused-ring (bicyclic) bond motifs is 1. The zero-order valence-corrected chi connectivity index (χ0v) is 10.1. The summed E-state index contributed by atoms with van der Waals surface area (Å²) in [6.07, 6.45) is 0.494. The average Bonchev–Trinajstić information content (AvgIpc) is 2.83. The van der Waals surface area contributed by atoms with Crippen LogP contribution in [0.15, 0.2) is 18.2 Å². The van der Waals surface area contributed by atoms with Crippen LogP contribution >= 0.6 is 22.9 Å². The molecule has 0 saturated carbocycles. The van der Waals surface area contributed by atoms with E-state index >= 15 is 0 Å². The van der Waals surface area contributed by atoms with Crippen molar-refractivity contribution in [3.05, 3.63) is 28.2 Å². The van der Waals surface area contributed by atoms with Crippen LogP contribution in [0, 0.1) is 0 Å². The van der Waals surface area contributed by atoms with Crippen LogP contribution in [0.2, 0.25) is 5.02 Å². The van der Waals surface area contributed by atoms with Crippen molar-refractivity contribution in [2.24, 2.45) is 0 Å². The zero-order valence-electron chi connectivity index (χ0n) is 8.48. The summed E-state index contributed by atoms with van der Waals surface area (Å²) in [6, 6.07) is 5.91. The summed E-state index contributed by atoms with van der Waals surface area (Å²) in [7, 11) is 0. The number of benzene rings is 1. The second-order valence-electron chi connectivity index (χ2n) is 4.01. The number of aliphatic hydroxyl groups is 1.